The third kappa shape index (κ3) is 3.05. The molecule has 1 fully saturated rings. The molecule has 1 N–H and O–H groups in total. The zero-order chi connectivity index (χ0) is 20.8. The molecule has 1 saturated carbocycles. The van der Waals surface area contributed by atoms with E-state index in [1.165, 1.54) is 18.5 Å². The Morgan fingerprint density at radius 1 is 1.30 bits per heavy atom. The number of nitriles is 1. The summed E-state index contributed by atoms with van der Waals surface area (Å²) in [6.07, 6.45) is 7.82. The zero-order valence-electron chi connectivity index (χ0n) is 16.0. The second-order valence-electron chi connectivity index (χ2n) is 7.32. The summed E-state index contributed by atoms with van der Waals surface area (Å²) in [6.45, 7) is 1.99. The molecule has 0 aliphatic heterocycles. The van der Waals surface area contributed by atoms with E-state index in [9.17, 15) is 14.8 Å². The minimum Gasteiger partial charge on any atom is -0.393 e. The minimum atomic E-state index is -0.420. The van der Waals surface area contributed by atoms with Crippen molar-refractivity contribution >= 4 is 17.3 Å². The first kappa shape index (κ1) is 18.8. The largest absolute Gasteiger partial charge is 0.393 e. The molecule has 4 heterocycles. The van der Waals surface area contributed by atoms with Crippen LogP contribution in [0.4, 0.5) is 4.39 Å². The maximum Gasteiger partial charge on any atom is 0.155 e. The van der Waals surface area contributed by atoms with Crippen LogP contribution < -0.4 is 0 Å². The van der Waals surface area contributed by atoms with Gasteiger partial charge in [0, 0.05) is 34.1 Å². The monoisotopic (exact) mass is 420 g/mol. The highest BCUT2D eigenvalue weighted by molar-refractivity contribution is 7.99. The lowest BCUT2D eigenvalue weighted by Crippen LogP contribution is -2.31. The normalized spacial score (nSPS) is 18.3. The van der Waals surface area contributed by atoms with Crippen LogP contribution >= 0.6 is 11.8 Å². The van der Waals surface area contributed by atoms with Gasteiger partial charge in [0.2, 0.25) is 0 Å². The van der Waals surface area contributed by atoms with Gasteiger partial charge in [-0.25, -0.2) is 13.9 Å². The van der Waals surface area contributed by atoms with E-state index in [0.29, 0.717) is 28.8 Å². The predicted molar refractivity (Wildman–Crippen MR) is 108 cm³/mol. The van der Waals surface area contributed by atoms with Gasteiger partial charge in [-0.1, -0.05) is 11.8 Å². The number of pyridine rings is 2. The first-order valence-electron chi connectivity index (χ1n) is 9.47. The first-order chi connectivity index (χ1) is 14.5. The molecule has 0 aromatic carbocycles. The Labute approximate surface area is 175 Å². The van der Waals surface area contributed by atoms with Crippen LogP contribution in [0.3, 0.4) is 0 Å². The van der Waals surface area contributed by atoms with Crippen molar-refractivity contribution in [2.75, 3.05) is 0 Å². The van der Waals surface area contributed by atoms with Crippen molar-refractivity contribution in [1.82, 2.24) is 24.4 Å². The Morgan fingerprint density at radius 2 is 2.13 bits per heavy atom. The highest BCUT2D eigenvalue weighted by Crippen LogP contribution is 2.38. The van der Waals surface area contributed by atoms with Gasteiger partial charge in [-0.3, -0.25) is 4.68 Å². The lowest BCUT2D eigenvalue weighted by molar-refractivity contribution is 0.0426. The van der Waals surface area contributed by atoms with Gasteiger partial charge < -0.3 is 5.11 Å². The van der Waals surface area contributed by atoms with Crippen LogP contribution in [0.25, 0.3) is 16.6 Å². The van der Waals surface area contributed by atoms with Crippen molar-refractivity contribution in [3.8, 4) is 17.2 Å². The number of rotatable bonds is 4. The van der Waals surface area contributed by atoms with Gasteiger partial charge in [-0.05, 0) is 38.0 Å². The number of aliphatic hydroxyl groups is 1. The summed E-state index contributed by atoms with van der Waals surface area (Å²) >= 11 is 1.16. The molecule has 0 spiro atoms. The van der Waals surface area contributed by atoms with Gasteiger partial charge in [0.25, 0.3) is 0 Å². The van der Waals surface area contributed by atoms with Gasteiger partial charge in [0.05, 0.1) is 35.6 Å². The fraction of sp³-hybridized carbons (Fsp3) is 0.238. The molecule has 0 amide bonds. The molecule has 7 nitrogen and oxygen atoms in total. The van der Waals surface area contributed by atoms with Crippen molar-refractivity contribution in [3.05, 3.63) is 60.1 Å². The quantitative estimate of drug-likeness (QED) is 0.540. The van der Waals surface area contributed by atoms with E-state index in [4.69, 9.17) is 0 Å². The third-order valence-electron chi connectivity index (χ3n) is 5.42. The summed E-state index contributed by atoms with van der Waals surface area (Å²) in [4.78, 5) is 4.81. The number of aliphatic hydroxyl groups excluding tert-OH is 1. The van der Waals surface area contributed by atoms with Gasteiger partial charge in [0.1, 0.15) is 11.1 Å². The second kappa shape index (κ2) is 7.23. The highest BCUT2D eigenvalue weighted by atomic mass is 32.2. The van der Waals surface area contributed by atoms with Crippen LogP contribution in [0, 0.1) is 24.1 Å². The van der Waals surface area contributed by atoms with E-state index in [1.807, 2.05) is 23.9 Å². The average Bonchev–Trinajstić information content (AvgIpc) is 3.30. The molecule has 1 aliphatic carbocycles. The molecule has 1 aliphatic rings. The topological polar surface area (TPSA) is 92.0 Å². The van der Waals surface area contributed by atoms with E-state index < -0.39 is 5.82 Å². The summed E-state index contributed by atoms with van der Waals surface area (Å²) in [6, 6.07) is 7.17. The van der Waals surface area contributed by atoms with Crippen molar-refractivity contribution < 1.29 is 9.50 Å². The van der Waals surface area contributed by atoms with Crippen LogP contribution in [0.1, 0.15) is 30.1 Å². The van der Waals surface area contributed by atoms with Crippen molar-refractivity contribution in [2.24, 2.45) is 0 Å². The summed E-state index contributed by atoms with van der Waals surface area (Å²) in [5.41, 5.74) is 3.80. The van der Waals surface area contributed by atoms with Crippen LogP contribution in [0.15, 0.2) is 52.9 Å². The van der Waals surface area contributed by atoms with E-state index in [0.717, 1.165) is 28.6 Å². The lowest BCUT2D eigenvalue weighted by atomic mass is 9.89. The van der Waals surface area contributed by atoms with Crippen LogP contribution in [0.2, 0.25) is 0 Å². The molecule has 150 valence electrons. The Balaban J connectivity index is 1.62. The first-order valence-corrected chi connectivity index (χ1v) is 10.3. The van der Waals surface area contributed by atoms with Crippen LogP contribution in [-0.2, 0) is 0 Å². The molecular formula is C21H17FN6OS. The number of aromatic nitrogens is 5. The van der Waals surface area contributed by atoms with Crippen molar-refractivity contribution in [3.63, 3.8) is 0 Å². The van der Waals surface area contributed by atoms with E-state index in [-0.39, 0.29) is 17.2 Å². The molecule has 0 atom stereocenters. The average molecular weight is 420 g/mol. The molecule has 0 radical (unpaired) electrons. The fourth-order valence-corrected chi connectivity index (χ4v) is 4.75. The van der Waals surface area contributed by atoms with Gasteiger partial charge in [0.15, 0.2) is 5.82 Å². The summed E-state index contributed by atoms with van der Waals surface area (Å²) < 4.78 is 17.8. The molecule has 5 rings (SSSR count). The third-order valence-corrected chi connectivity index (χ3v) is 6.44. The Hall–Kier alpha value is -3.22. The van der Waals surface area contributed by atoms with Gasteiger partial charge >= 0.3 is 0 Å². The maximum atomic E-state index is 14.2. The van der Waals surface area contributed by atoms with Crippen LogP contribution in [0.5, 0.6) is 0 Å². The van der Waals surface area contributed by atoms with Gasteiger partial charge in [-0.15, -0.1) is 0 Å². The zero-order valence-corrected chi connectivity index (χ0v) is 16.8. The van der Waals surface area contributed by atoms with Crippen molar-refractivity contribution in [2.45, 2.75) is 41.8 Å². The molecule has 0 bridgehead atoms. The minimum absolute atomic E-state index is 0.198. The maximum absolute atomic E-state index is 14.2. The second-order valence-corrected chi connectivity index (χ2v) is 8.35. The van der Waals surface area contributed by atoms with E-state index >= 15 is 0 Å². The van der Waals surface area contributed by atoms with E-state index in [2.05, 4.69) is 21.3 Å². The van der Waals surface area contributed by atoms with Crippen LogP contribution in [-0.4, -0.2) is 35.6 Å². The molecular weight excluding hydrogens is 403 g/mol. The molecule has 9 heteroatoms. The fourth-order valence-electron chi connectivity index (χ4n) is 3.78. The summed E-state index contributed by atoms with van der Waals surface area (Å²) in [7, 11) is 0. The van der Waals surface area contributed by atoms with E-state index in [1.54, 1.807) is 16.8 Å². The molecule has 30 heavy (non-hydrogen) atoms. The Morgan fingerprint density at radius 3 is 2.87 bits per heavy atom. The SMILES string of the molecule is Cc1c(-c2cc(Sc3ncccc3F)c3c(C#N)cnn3c2)cnn1C1CC(O)C1. The van der Waals surface area contributed by atoms with Gasteiger partial charge in [-0.2, -0.15) is 15.5 Å². The molecule has 0 unspecified atom stereocenters. The molecule has 4 aromatic rings. The molecule has 0 saturated heterocycles. The molecule has 4 aromatic heterocycles. The Bertz CT molecular complexity index is 1300. The Kier molecular flexibility index (Phi) is 4.53. The summed E-state index contributed by atoms with van der Waals surface area (Å²) in [5, 5.41) is 28.2. The number of fused-ring (bicyclic) bond motifs is 1. The van der Waals surface area contributed by atoms with Crippen molar-refractivity contribution in [1.29, 1.82) is 5.26 Å². The number of halogens is 1. The number of hydrogen-bond acceptors (Lipinski definition) is 6. The number of hydrogen-bond donors (Lipinski definition) is 1. The predicted octanol–water partition coefficient (Wildman–Crippen LogP) is 3.76. The smallest absolute Gasteiger partial charge is 0.155 e. The standard InChI is InChI=1S/C21H17FN6OS/c1-12-17(10-26-28(12)15-6-16(29)7-15)13-5-19(30-21-18(22)3-2-4-24-21)20-14(8-23)9-25-27(20)11-13/h2-5,9-11,15-16,29H,6-7H2,1H3. The number of nitrogens with zero attached hydrogens (tertiary/aromatic N) is 6. The lowest BCUT2D eigenvalue weighted by Gasteiger charge is -2.32. The highest BCUT2D eigenvalue weighted by Gasteiger charge is 2.31. The summed E-state index contributed by atoms with van der Waals surface area (Å²) in [5.74, 6) is -0.420.